The summed E-state index contributed by atoms with van der Waals surface area (Å²) in [5.41, 5.74) is 3.63. The molecule has 0 saturated carbocycles. The Morgan fingerprint density at radius 3 is 2.62 bits per heavy atom. The molecule has 29 heavy (non-hydrogen) atoms. The van der Waals surface area contributed by atoms with Gasteiger partial charge in [-0.25, -0.2) is 4.98 Å². The average molecular weight is 390 g/mol. The zero-order valence-electron chi connectivity index (χ0n) is 16.5. The maximum absolute atomic E-state index is 12.8. The molecule has 148 valence electrons. The Hall–Kier alpha value is -3.40. The Morgan fingerprint density at radius 2 is 1.97 bits per heavy atom. The van der Waals surface area contributed by atoms with Crippen molar-refractivity contribution in [1.29, 1.82) is 5.26 Å². The molecule has 7 nitrogen and oxygen atoms in total. The predicted molar refractivity (Wildman–Crippen MR) is 106 cm³/mol. The van der Waals surface area contributed by atoms with Crippen LogP contribution in [0.3, 0.4) is 0 Å². The molecule has 0 radical (unpaired) electrons. The van der Waals surface area contributed by atoms with Crippen LogP contribution in [0.15, 0.2) is 36.5 Å². The minimum atomic E-state index is -0.321. The first-order valence-corrected chi connectivity index (χ1v) is 9.64. The van der Waals surface area contributed by atoms with Crippen LogP contribution in [0.25, 0.3) is 0 Å². The SMILES string of the molecule is Cc1ccc(N2CC(C(=O)N3CC(Oc4ccc(C#N)cn4)C3)CC2=O)cc1C. The number of carbonyl (C=O) groups excluding carboxylic acids is 2. The van der Waals surface area contributed by atoms with Crippen LogP contribution in [0.2, 0.25) is 0 Å². The van der Waals surface area contributed by atoms with E-state index in [0.29, 0.717) is 31.1 Å². The van der Waals surface area contributed by atoms with Crippen molar-refractivity contribution >= 4 is 17.5 Å². The highest BCUT2D eigenvalue weighted by Crippen LogP contribution is 2.29. The molecule has 2 aliphatic rings. The van der Waals surface area contributed by atoms with Crippen LogP contribution in [0.5, 0.6) is 5.88 Å². The summed E-state index contributed by atoms with van der Waals surface area (Å²) in [7, 11) is 0. The molecule has 2 amide bonds. The number of nitriles is 1. The van der Waals surface area contributed by atoms with Gasteiger partial charge in [0.05, 0.1) is 24.6 Å². The average Bonchev–Trinajstić information content (AvgIpc) is 3.08. The standard InChI is InChI=1S/C22H22N4O3/c1-14-3-5-18(7-15(14)2)26-11-17(8-21(26)27)22(28)25-12-19(13-25)29-20-6-4-16(9-23)10-24-20/h3-7,10,17,19H,8,11-13H2,1-2H3. The Balaban J connectivity index is 1.32. The van der Waals surface area contributed by atoms with Crippen LogP contribution >= 0.6 is 0 Å². The lowest BCUT2D eigenvalue weighted by atomic mass is 10.0. The van der Waals surface area contributed by atoms with Crippen molar-refractivity contribution in [2.45, 2.75) is 26.4 Å². The minimum absolute atomic E-state index is 0.00248. The first-order valence-electron chi connectivity index (χ1n) is 9.64. The maximum Gasteiger partial charge on any atom is 0.228 e. The number of hydrogen-bond acceptors (Lipinski definition) is 5. The monoisotopic (exact) mass is 390 g/mol. The molecular formula is C22H22N4O3. The molecule has 3 heterocycles. The zero-order valence-corrected chi connectivity index (χ0v) is 16.5. The molecule has 2 saturated heterocycles. The van der Waals surface area contributed by atoms with Gasteiger partial charge < -0.3 is 14.5 Å². The van der Waals surface area contributed by atoms with Crippen LogP contribution in [0.1, 0.15) is 23.1 Å². The number of pyridine rings is 1. The lowest BCUT2D eigenvalue weighted by molar-refractivity contribution is -0.144. The molecule has 1 atom stereocenters. The number of carbonyl (C=O) groups is 2. The first kappa shape index (κ1) is 18.9. The highest BCUT2D eigenvalue weighted by atomic mass is 16.5. The van der Waals surface area contributed by atoms with E-state index in [2.05, 4.69) is 4.98 Å². The second kappa shape index (κ2) is 7.55. The summed E-state index contributed by atoms with van der Waals surface area (Å²) in [5, 5.41) is 8.80. The molecule has 0 bridgehead atoms. The van der Waals surface area contributed by atoms with Gasteiger partial charge in [0.25, 0.3) is 0 Å². The fourth-order valence-electron chi connectivity index (χ4n) is 3.65. The van der Waals surface area contributed by atoms with Crippen LogP contribution in [0.4, 0.5) is 5.69 Å². The summed E-state index contributed by atoms with van der Waals surface area (Å²) >= 11 is 0. The Morgan fingerprint density at radius 1 is 1.17 bits per heavy atom. The van der Waals surface area contributed by atoms with Crippen LogP contribution in [0, 0.1) is 31.1 Å². The van der Waals surface area contributed by atoms with Gasteiger partial charge in [-0.2, -0.15) is 5.26 Å². The van der Waals surface area contributed by atoms with E-state index in [1.165, 1.54) is 11.8 Å². The van der Waals surface area contributed by atoms with Crippen LogP contribution < -0.4 is 9.64 Å². The van der Waals surface area contributed by atoms with Gasteiger partial charge in [0.1, 0.15) is 12.2 Å². The van der Waals surface area contributed by atoms with Crippen LogP contribution in [-0.2, 0) is 9.59 Å². The summed E-state index contributed by atoms with van der Waals surface area (Å²) in [6, 6.07) is 11.2. The van der Waals surface area contributed by atoms with E-state index in [0.717, 1.165) is 11.3 Å². The summed E-state index contributed by atoms with van der Waals surface area (Å²) in [6.07, 6.45) is 1.58. The van der Waals surface area contributed by atoms with Crippen molar-refractivity contribution in [2.75, 3.05) is 24.5 Å². The summed E-state index contributed by atoms with van der Waals surface area (Å²) in [5.74, 6) is 0.107. The summed E-state index contributed by atoms with van der Waals surface area (Å²) < 4.78 is 5.74. The number of likely N-dealkylation sites (tertiary alicyclic amines) is 1. The molecule has 0 N–H and O–H groups in total. The molecule has 2 fully saturated rings. The second-order valence-corrected chi connectivity index (χ2v) is 7.65. The third-order valence-electron chi connectivity index (χ3n) is 5.59. The van der Waals surface area contributed by atoms with E-state index in [9.17, 15) is 9.59 Å². The highest BCUT2D eigenvalue weighted by molar-refractivity contribution is 6.00. The maximum atomic E-state index is 12.8. The van der Waals surface area contributed by atoms with Gasteiger partial charge in [0, 0.05) is 30.9 Å². The van der Waals surface area contributed by atoms with E-state index >= 15 is 0 Å². The molecule has 2 aliphatic heterocycles. The lowest BCUT2D eigenvalue weighted by Crippen LogP contribution is -2.57. The van der Waals surface area contributed by atoms with E-state index in [1.54, 1.807) is 21.9 Å². The normalized spacial score (nSPS) is 19.1. The van der Waals surface area contributed by atoms with E-state index in [1.807, 2.05) is 38.1 Å². The number of aromatic nitrogens is 1. The van der Waals surface area contributed by atoms with Gasteiger partial charge in [-0.15, -0.1) is 0 Å². The molecule has 1 aromatic heterocycles. The lowest BCUT2D eigenvalue weighted by Gasteiger charge is -2.39. The number of rotatable bonds is 4. The second-order valence-electron chi connectivity index (χ2n) is 7.65. The molecule has 4 rings (SSSR count). The fourth-order valence-corrected chi connectivity index (χ4v) is 3.65. The zero-order chi connectivity index (χ0) is 20.5. The van der Waals surface area contributed by atoms with Gasteiger partial charge in [-0.05, 0) is 43.2 Å². The first-order chi connectivity index (χ1) is 13.9. The topological polar surface area (TPSA) is 86.5 Å². The number of ether oxygens (including phenoxy) is 1. The van der Waals surface area contributed by atoms with Gasteiger partial charge in [-0.1, -0.05) is 6.07 Å². The van der Waals surface area contributed by atoms with Gasteiger partial charge in [0.15, 0.2) is 0 Å². The minimum Gasteiger partial charge on any atom is -0.471 e. The van der Waals surface area contributed by atoms with Gasteiger partial charge in [-0.3, -0.25) is 9.59 Å². The molecule has 1 aromatic carbocycles. The largest absolute Gasteiger partial charge is 0.471 e. The van der Waals surface area contributed by atoms with Crippen LogP contribution in [-0.4, -0.2) is 47.4 Å². The number of hydrogen-bond donors (Lipinski definition) is 0. The van der Waals surface area contributed by atoms with E-state index < -0.39 is 0 Å². The molecule has 7 heteroatoms. The van der Waals surface area contributed by atoms with Crippen molar-refractivity contribution in [3.05, 3.63) is 53.2 Å². The number of aryl methyl sites for hydroxylation is 2. The smallest absolute Gasteiger partial charge is 0.228 e. The molecule has 0 aliphatic carbocycles. The van der Waals surface area contributed by atoms with Gasteiger partial charge in [0.2, 0.25) is 17.7 Å². The van der Waals surface area contributed by atoms with Crippen molar-refractivity contribution in [3.63, 3.8) is 0 Å². The third kappa shape index (κ3) is 3.79. The van der Waals surface area contributed by atoms with Gasteiger partial charge >= 0.3 is 0 Å². The molecule has 0 spiro atoms. The Kier molecular flexibility index (Phi) is 4.93. The number of anilines is 1. The Bertz CT molecular complexity index is 990. The molecular weight excluding hydrogens is 368 g/mol. The number of benzene rings is 1. The van der Waals surface area contributed by atoms with Crippen molar-refractivity contribution in [1.82, 2.24) is 9.88 Å². The van der Waals surface area contributed by atoms with Crippen molar-refractivity contribution in [3.8, 4) is 11.9 Å². The van der Waals surface area contributed by atoms with Crippen molar-refractivity contribution < 1.29 is 14.3 Å². The van der Waals surface area contributed by atoms with Crippen molar-refractivity contribution in [2.24, 2.45) is 5.92 Å². The number of amides is 2. The van der Waals surface area contributed by atoms with E-state index in [4.69, 9.17) is 10.00 Å². The fraction of sp³-hybridized carbons (Fsp3) is 0.364. The summed E-state index contributed by atoms with van der Waals surface area (Å²) in [6.45, 7) is 5.43. The molecule has 1 unspecified atom stereocenters. The molecule has 2 aromatic rings. The predicted octanol–water partition coefficient (Wildman–Crippen LogP) is 2.21. The van der Waals surface area contributed by atoms with E-state index in [-0.39, 0.29) is 30.3 Å². The summed E-state index contributed by atoms with van der Waals surface area (Å²) in [4.78, 5) is 32.8. The number of nitrogens with zero attached hydrogens (tertiary/aromatic N) is 4. The third-order valence-corrected chi connectivity index (χ3v) is 5.59. The Labute approximate surface area is 169 Å². The highest BCUT2D eigenvalue weighted by Gasteiger charge is 2.41. The quantitative estimate of drug-likeness (QED) is 0.799.